The van der Waals surface area contributed by atoms with Gasteiger partial charge in [0.05, 0.1) is 17.6 Å². The van der Waals surface area contributed by atoms with Gasteiger partial charge in [0.2, 0.25) is 0 Å². The smallest absolute Gasteiger partial charge is 0.319 e. The minimum Gasteiger partial charge on any atom is -0.319 e. The number of pyridine rings is 1. The zero-order chi connectivity index (χ0) is 20.1. The Labute approximate surface area is 157 Å². The minimum absolute atomic E-state index is 0.290. The SMILES string of the molecule is CC1(c2c(F)cccc2F)NC(=O)N(Cc2cc(F)cc3cccnc23)C1=O. The second-order valence-corrected chi connectivity index (χ2v) is 6.68. The quantitative estimate of drug-likeness (QED) is 0.701. The first kappa shape index (κ1) is 18.0. The van der Waals surface area contributed by atoms with Crippen LogP contribution in [-0.4, -0.2) is 21.8 Å². The van der Waals surface area contributed by atoms with E-state index in [-0.39, 0.29) is 6.54 Å². The van der Waals surface area contributed by atoms with Crippen molar-refractivity contribution in [2.24, 2.45) is 0 Å². The number of amides is 3. The van der Waals surface area contributed by atoms with Gasteiger partial charge >= 0.3 is 6.03 Å². The van der Waals surface area contributed by atoms with E-state index in [1.807, 2.05) is 0 Å². The van der Waals surface area contributed by atoms with Gasteiger partial charge in [-0.3, -0.25) is 14.7 Å². The van der Waals surface area contributed by atoms with Crippen LogP contribution in [-0.2, 0) is 16.9 Å². The van der Waals surface area contributed by atoms with Gasteiger partial charge in [-0.05, 0) is 37.3 Å². The predicted octanol–water partition coefficient (Wildman–Crippen LogP) is 3.62. The molecule has 3 amide bonds. The van der Waals surface area contributed by atoms with E-state index < -0.39 is 40.5 Å². The van der Waals surface area contributed by atoms with E-state index >= 15 is 0 Å². The van der Waals surface area contributed by atoms with Crippen LogP contribution in [0.25, 0.3) is 10.9 Å². The van der Waals surface area contributed by atoms with Crippen LogP contribution in [0.4, 0.5) is 18.0 Å². The van der Waals surface area contributed by atoms with Crippen molar-refractivity contribution in [2.75, 3.05) is 0 Å². The first-order valence-electron chi connectivity index (χ1n) is 8.43. The second-order valence-electron chi connectivity index (χ2n) is 6.68. The van der Waals surface area contributed by atoms with Gasteiger partial charge in [-0.25, -0.2) is 18.0 Å². The van der Waals surface area contributed by atoms with Crippen molar-refractivity contribution >= 4 is 22.8 Å². The number of fused-ring (bicyclic) bond motifs is 1. The van der Waals surface area contributed by atoms with Crippen LogP contribution >= 0.6 is 0 Å². The molecule has 1 fully saturated rings. The molecule has 3 aromatic rings. The van der Waals surface area contributed by atoms with Gasteiger partial charge in [-0.2, -0.15) is 0 Å². The Kier molecular flexibility index (Phi) is 4.06. The molecule has 1 aliphatic heterocycles. The predicted molar refractivity (Wildman–Crippen MR) is 94.5 cm³/mol. The molecule has 0 bridgehead atoms. The number of hydrogen-bond donors (Lipinski definition) is 1. The molecular weight excluding hydrogens is 371 g/mol. The third kappa shape index (κ3) is 2.69. The number of urea groups is 1. The number of rotatable bonds is 3. The number of benzene rings is 2. The highest BCUT2D eigenvalue weighted by atomic mass is 19.1. The van der Waals surface area contributed by atoms with Crippen LogP contribution < -0.4 is 5.32 Å². The number of aromatic nitrogens is 1. The maximum absolute atomic E-state index is 14.2. The van der Waals surface area contributed by atoms with Crippen molar-refractivity contribution in [1.82, 2.24) is 15.2 Å². The molecule has 0 spiro atoms. The Morgan fingerprint density at radius 3 is 2.50 bits per heavy atom. The van der Waals surface area contributed by atoms with Crippen molar-refractivity contribution in [3.8, 4) is 0 Å². The standard InChI is InChI=1S/C20H14F3N3O2/c1-20(16-14(22)5-2-6-15(16)23)18(27)26(19(28)25-20)10-12-9-13(21)8-11-4-3-7-24-17(11)12/h2-9H,10H2,1H3,(H,25,28). The zero-order valence-electron chi connectivity index (χ0n) is 14.7. The average molecular weight is 385 g/mol. The Morgan fingerprint density at radius 2 is 1.79 bits per heavy atom. The fourth-order valence-corrected chi connectivity index (χ4v) is 3.50. The summed E-state index contributed by atoms with van der Waals surface area (Å²) in [6, 6.07) is 8.11. The molecular formula is C20H14F3N3O2. The Morgan fingerprint density at radius 1 is 1.07 bits per heavy atom. The van der Waals surface area contributed by atoms with Crippen molar-refractivity contribution in [1.29, 1.82) is 0 Å². The van der Waals surface area contributed by atoms with Crippen LogP contribution in [0, 0.1) is 17.5 Å². The number of nitrogens with one attached hydrogen (secondary N) is 1. The lowest BCUT2D eigenvalue weighted by atomic mass is 9.91. The largest absolute Gasteiger partial charge is 0.325 e. The molecule has 8 heteroatoms. The number of carbonyl (C=O) groups excluding carboxylic acids is 2. The summed E-state index contributed by atoms with van der Waals surface area (Å²) in [5.41, 5.74) is -1.73. The van der Waals surface area contributed by atoms with Gasteiger partial charge in [0.15, 0.2) is 0 Å². The molecule has 0 saturated carbocycles. The van der Waals surface area contributed by atoms with E-state index in [0.29, 0.717) is 16.5 Å². The van der Waals surface area contributed by atoms with E-state index in [1.165, 1.54) is 31.3 Å². The van der Waals surface area contributed by atoms with Crippen LogP contribution in [0.3, 0.4) is 0 Å². The van der Waals surface area contributed by atoms with E-state index in [9.17, 15) is 22.8 Å². The molecule has 2 aromatic carbocycles. The summed E-state index contributed by atoms with van der Waals surface area (Å²) in [4.78, 5) is 30.4. The van der Waals surface area contributed by atoms with E-state index in [4.69, 9.17) is 0 Å². The molecule has 1 aromatic heterocycles. The molecule has 2 heterocycles. The molecule has 1 saturated heterocycles. The van der Waals surface area contributed by atoms with Gasteiger partial charge in [0.1, 0.15) is 23.0 Å². The highest BCUT2D eigenvalue weighted by molar-refractivity contribution is 6.07. The van der Waals surface area contributed by atoms with Gasteiger partial charge < -0.3 is 5.32 Å². The minimum atomic E-state index is -1.91. The van der Waals surface area contributed by atoms with Crippen LogP contribution in [0.2, 0.25) is 0 Å². The molecule has 1 N–H and O–H groups in total. The fourth-order valence-electron chi connectivity index (χ4n) is 3.50. The maximum atomic E-state index is 14.2. The van der Waals surface area contributed by atoms with Gasteiger partial charge in [-0.15, -0.1) is 0 Å². The number of nitrogens with zero attached hydrogens (tertiary/aromatic N) is 2. The monoisotopic (exact) mass is 385 g/mol. The Hall–Kier alpha value is -3.42. The molecule has 5 nitrogen and oxygen atoms in total. The van der Waals surface area contributed by atoms with Gasteiger partial charge in [-0.1, -0.05) is 12.1 Å². The number of carbonyl (C=O) groups is 2. The topological polar surface area (TPSA) is 62.3 Å². The molecule has 4 rings (SSSR count). The molecule has 1 aliphatic rings. The highest BCUT2D eigenvalue weighted by Gasteiger charge is 2.51. The molecule has 0 radical (unpaired) electrons. The first-order chi connectivity index (χ1) is 13.3. The van der Waals surface area contributed by atoms with Crippen LogP contribution in [0.5, 0.6) is 0 Å². The highest BCUT2D eigenvalue weighted by Crippen LogP contribution is 2.33. The molecule has 1 atom stereocenters. The second kappa shape index (κ2) is 6.33. The Balaban J connectivity index is 1.75. The summed E-state index contributed by atoms with van der Waals surface area (Å²) < 4.78 is 42.4. The average Bonchev–Trinajstić information content (AvgIpc) is 2.85. The van der Waals surface area contributed by atoms with Crippen molar-refractivity contribution in [3.05, 3.63) is 77.2 Å². The summed E-state index contributed by atoms with van der Waals surface area (Å²) in [6.07, 6.45) is 1.51. The lowest BCUT2D eigenvalue weighted by Crippen LogP contribution is -2.42. The summed E-state index contributed by atoms with van der Waals surface area (Å²) in [5.74, 6) is -3.29. The van der Waals surface area contributed by atoms with E-state index in [1.54, 1.807) is 12.1 Å². The first-order valence-corrected chi connectivity index (χ1v) is 8.43. The van der Waals surface area contributed by atoms with Crippen molar-refractivity contribution in [3.63, 3.8) is 0 Å². The summed E-state index contributed by atoms with van der Waals surface area (Å²) in [7, 11) is 0. The third-order valence-corrected chi connectivity index (χ3v) is 4.81. The van der Waals surface area contributed by atoms with E-state index in [0.717, 1.165) is 17.0 Å². The Bertz CT molecular complexity index is 1110. The lowest BCUT2D eigenvalue weighted by Gasteiger charge is -2.23. The molecule has 142 valence electrons. The fraction of sp³-hybridized carbons (Fsp3) is 0.150. The molecule has 0 aliphatic carbocycles. The summed E-state index contributed by atoms with van der Waals surface area (Å²) in [6.45, 7) is 0.943. The molecule has 1 unspecified atom stereocenters. The normalized spacial score (nSPS) is 19.4. The third-order valence-electron chi connectivity index (χ3n) is 4.81. The van der Waals surface area contributed by atoms with Crippen molar-refractivity contribution in [2.45, 2.75) is 19.0 Å². The van der Waals surface area contributed by atoms with Crippen LogP contribution in [0.1, 0.15) is 18.1 Å². The number of halogens is 3. The summed E-state index contributed by atoms with van der Waals surface area (Å²) >= 11 is 0. The lowest BCUT2D eigenvalue weighted by molar-refractivity contribution is -0.131. The van der Waals surface area contributed by atoms with Crippen molar-refractivity contribution < 1.29 is 22.8 Å². The number of imide groups is 1. The summed E-state index contributed by atoms with van der Waals surface area (Å²) in [5, 5.41) is 2.86. The zero-order valence-corrected chi connectivity index (χ0v) is 14.7. The van der Waals surface area contributed by atoms with Gasteiger partial charge in [0.25, 0.3) is 5.91 Å². The number of hydrogen-bond acceptors (Lipinski definition) is 3. The van der Waals surface area contributed by atoms with Crippen LogP contribution in [0.15, 0.2) is 48.7 Å². The maximum Gasteiger partial charge on any atom is 0.325 e. The van der Waals surface area contributed by atoms with E-state index in [2.05, 4.69) is 10.3 Å². The molecule has 28 heavy (non-hydrogen) atoms. The van der Waals surface area contributed by atoms with Gasteiger partial charge in [0, 0.05) is 17.1 Å².